The number of rotatable bonds is 4. The Morgan fingerprint density at radius 1 is 1.78 bits per heavy atom. The molecule has 9 heavy (non-hydrogen) atoms. The fraction of sp³-hybridized carbons (Fsp3) is 1.00. The van der Waals surface area contributed by atoms with Gasteiger partial charge in [0.05, 0.1) is 0 Å². The summed E-state index contributed by atoms with van der Waals surface area (Å²) in [6.45, 7) is 0.740. The lowest BCUT2D eigenvalue weighted by Gasteiger charge is -2.11. The Kier molecular flexibility index (Phi) is 3.29. The van der Waals surface area contributed by atoms with Gasteiger partial charge in [0.15, 0.2) is 5.29 Å². The molecule has 0 amide bonds. The highest BCUT2D eigenvalue weighted by Gasteiger charge is 2.17. The van der Waals surface area contributed by atoms with Gasteiger partial charge in [-0.1, -0.05) is 4.91 Å². The third-order valence-corrected chi connectivity index (χ3v) is 0.962. The molecule has 0 spiro atoms. The van der Waals surface area contributed by atoms with Crippen molar-refractivity contribution < 1.29 is 9.96 Å². The zero-order valence-corrected chi connectivity index (χ0v) is 5.45. The van der Waals surface area contributed by atoms with Gasteiger partial charge in [-0.05, 0) is 11.3 Å². The number of nitrogens with two attached hydrogens (primary N) is 1. The van der Waals surface area contributed by atoms with Gasteiger partial charge in [-0.3, -0.25) is 0 Å². The third-order valence-electron chi connectivity index (χ3n) is 0.962. The van der Waals surface area contributed by atoms with Crippen molar-refractivity contribution in [3.8, 4) is 0 Å². The summed E-state index contributed by atoms with van der Waals surface area (Å²) >= 11 is 0. The molecule has 0 aromatic carbocycles. The highest BCUT2D eigenvalue weighted by molar-refractivity contribution is 4.32. The molecule has 0 saturated carbocycles. The van der Waals surface area contributed by atoms with Gasteiger partial charge in [0, 0.05) is 6.42 Å². The van der Waals surface area contributed by atoms with Crippen molar-refractivity contribution in [1.82, 2.24) is 0 Å². The van der Waals surface area contributed by atoms with Gasteiger partial charge in [0.25, 0.3) is 0 Å². The predicted octanol–water partition coefficient (Wildman–Crippen LogP) is -0.148. The SMILES string of the molecule is C[N+](O)(CCCN)N=O. The fourth-order valence-corrected chi connectivity index (χ4v) is 0.432. The molecule has 0 bridgehead atoms. The van der Waals surface area contributed by atoms with E-state index in [9.17, 15) is 4.91 Å². The molecule has 1 atom stereocenters. The lowest BCUT2D eigenvalue weighted by atomic mass is 10.4. The summed E-state index contributed by atoms with van der Waals surface area (Å²) in [5.41, 5.74) is 5.13. The Labute approximate surface area is 53.6 Å². The average Bonchev–Trinajstić information content (AvgIpc) is 1.84. The maximum atomic E-state index is 9.76. The maximum absolute atomic E-state index is 9.76. The fourth-order valence-electron chi connectivity index (χ4n) is 0.432. The van der Waals surface area contributed by atoms with Gasteiger partial charge in [0.2, 0.25) is 0 Å². The number of hydrogen-bond donors (Lipinski definition) is 2. The zero-order chi connectivity index (χ0) is 7.33. The summed E-state index contributed by atoms with van der Waals surface area (Å²) in [5, 5.41) is 11.3. The van der Waals surface area contributed by atoms with Crippen LogP contribution in [0.5, 0.6) is 0 Å². The summed E-state index contributed by atoms with van der Waals surface area (Å²) in [6, 6.07) is 0. The van der Waals surface area contributed by atoms with Gasteiger partial charge < -0.3 is 5.73 Å². The molecular weight excluding hydrogens is 122 g/mol. The number of hydroxylamine groups is 2. The quantitative estimate of drug-likeness (QED) is 0.319. The van der Waals surface area contributed by atoms with Crippen LogP contribution in [0.1, 0.15) is 6.42 Å². The molecule has 0 saturated heterocycles. The van der Waals surface area contributed by atoms with Crippen molar-refractivity contribution in [2.24, 2.45) is 11.0 Å². The Morgan fingerprint density at radius 2 is 2.33 bits per heavy atom. The van der Waals surface area contributed by atoms with Crippen LogP contribution in [0.2, 0.25) is 0 Å². The van der Waals surface area contributed by atoms with E-state index in [1.165, 1.54) is 7.05 Å². The van der Waals surface area contributed by atoms with Crippen LogP contribution in [0.3, 0.4) is 0 Å². The van der Waals surface area contributed by atoms with Gasteiger partial charge in [-0.2, -0.15) is 5.21 Å². The highest BCUT2D eigenvalue weighted by Crippen LogP contribution is 1.96. The number of quaternary nitrogens is 1. The second-order valence-electron chi connectivity index (χ2n) is 2.04. The van der Waals surface area contributed by atoms with Crippen molar-refractivity contribution in [2.45, 2.75) is 6.42 Å². The van der Waals surface area contributed by atoms with E-state index in [-0.39, 0.29) is 6.54 Å². The van der Waals surface area contributed by atoms with Gasteiger partial charge >= 0.3 is 0 Å². The van der Waals surface area contributed by atoms with Crippen LogP contribution in [0.25, 0.3) is 0 Å². The van der Waals surface area contributed by atoms with Crippen molar-refractivity contribution in [2.75, 3.05) is 20.1 Å². The molecule has 0 aliphatic rings. The van der Waals surface area contributed by atoms with E-state index in [1.807, 2.05) is 0 Å². The van der Waals surface area contributed by atoms with E-state index in [0.29, 0.717) is 13.0 Å². The van der Waals surface area contributed by atoms with E-state index < -0.39 is 4.76 Å². The summed E-state index contributed by atoms with van der Waals surface area (Å²) < 4.78 is -0.836. The van der Waals surface area contributed by atoms with E-state index in [1.54, 1.807) is 0 Å². The first-order chi connectivity index (χ1) is 4.12. The van der Waals surface area contributed by atoms with Gasteiger partial charge in [0.1, 0.15) is 13.6 Å². The predicted molar refractivity (Wildman–Crippen MR) is 32.3 cm³/mol. The Balaban J connectivity index is 3.45. The van der Waals surface area contributed by atoms with E-state index in [0.717, 1.165) is 0 Å². The Morgan fingerprint density at radius 3 is 2.67 bits per heavy atom. The molecular formula is C4H12N3O2+. The van der Waals surface area contributed by atoms with Crippen LogP contribution in [0, 0.1) is 4.91 Å². The standard InChI is InChI=1S/C4H12N3O2/c1-7(9,6-8)4-2-3-5/h9H,2-5H2,1H3/q+1. The molecule has 0 fully saturated rings. The van der Waals surface area contributed by atoms with Gasteiger partial charge in [-0.25, -0.2) is 0 Å². The molecule has 3 N–H and O–H groups in total. The minimum absolute atomic E-state index is 0.278. The van der Waals surface area contributed by atoms with Crippen molar-refractivity contribution in [3.63, 3.8) is 0 Å². The molecule has 0 aromatic heterocycles. The van der Waals surface area contributed by atoms with E-state index in [4.69, 9.17) is 10.9 Å². The highest BCUT2D eigenvalue weighted by atomic mass is 16.6. The minimum atomic E-state index is -0.836. The van der Waals surface area contributed by atoms with Crippen LogP contribution in [-0.2, 0) is 0 Å². The summed E-state index contributed by atoms with van der Waals surface area (Å²) in [6.07, 6.45) is 0.596. The van der Waals surface area contributed by atoms with Crippen LogP contribution in [-0.4, -0.2) is 30.1 Å². The molecule has 0 aliphatic carbocycles. The lowest BCUT2D eigenvalue weighted by Crippen LogP contribution is -2.35. The molecule has 0 radical (unpaired) electrons. The molecule has 54 valence electrons. The first kappa shape index (κ1) is 8.48. The number of hydrogen-bond acceptors (Lipinski definition) is 4. The molecule has 0 aliphatic heterocycles. The van der Waals surface area contributed by atoms with Crippen LogP contribution < -0.4 is 5.73 Å². The third kappa shape index (κ3) is 4.01. The molecule has 5 nitrogen and oxygen atoms in total. The zero-order valence-electron chi connectivity index (χ0n) is 5.45. The van der Waals surface area contributed by atoms with Crippen LogP contribution in [0.4, 0.5) is 0 Å². The first-order valence-corrected chi connectivity index (χ1v) is 2.75. The van der Waals surface area contributed by atoms with E-state index >= 15 is 0 Å². The van der Waals surface area contributed by atoms with Crippen molar-refractivity contribution in [3.05, 3.63) is 4.91 Å². The summed E-state index contributed by atoms with van der Waals surface area (Å²) in [4.78, 5) is 9.76. The lowest BCUT2D eigenvalue weighted by molar-refractivity contribution is -1.09. The van der Waals surface area contributed by atoms with Crippen LogP contribution in [0.15, 0.2) is 5.29 Å². The topological polar surface area (TPSA) is 75.7 Å². The second-order valence-corrected chi connectivity index (χ2v) is 2.04. The average molecular weight is 134 g/mol. The largest absolute Gasteiger partial charge is 0.330 e. The van der Waals surface area contributed by atoms with Crippen LogP contribution >= 0.6 is 0 Å². The van der Waals surface area contributed by atoms with Crippen molar-refractivity contribution >= 4 is 0 Å². The summed E-state index contributed by atoms with van der Waals surface area (Å²) in [5.74, 6) is 0. The smallest absolute Gasteiger partial charge is 0.189 e. The number of nitroso groups, excluding NO2 is 1. The minimum Gasteiger partial charge on any atom is -0.330 e. The Hall–Kier alpha value is -0.520. The van der Waals surface area contributed by atoms with E-state index in [2.05, 4.69) is 5.29 Å². The Bertz CT molecular complexity index is 93.8. The maximum Gasteiger partial charge on any atom is 0.189 e. The molecule has 5 heteroatoms. The normalized spacial score (nSPS) is 16.8. The first-order valence-electron chi connectivity index (χ1n) is 2.75. The molecule has 0 aromatic rings. The molecule has 1 unspecified atom stereocenters. The molecule has 0 heterocycles. The molecule has 0 rings (SSSR count). The second kappa shape index (κ2) is 3.49. The monoisotopic (exact) mass is 134 g/mol. The van der Waals surface area contributed by atoms with Gasteiger partial charge in [-0.15, -0.1) is 0 Å². The summed E-state index contributed by atoms with van der Waals surface area (Å²) in [7, 11) is 1.31. The number of nitrogens with zero attached hydrogens (tertiary/aromatic N) is 2. The van der Waals surface area contributed by atoms with Crippen molar-refractivity contribution in [1.29, 1.82) is 0 Å².